The first-order valence-electron chi connectivity index (χ1n) is 7.17. The Kier molecular flexibility index (Phi) is 5.53. The van der Waals surface area contributed by atoms with E-state index in [2.05, 4.69) is 10.3 Å². The van der Waals surface area contributed by atoms with Crippen LogP contribution in [0.15, 0.2) is 30.3 Å². The van der Waals surface area contributed by atoms with E-state index in [0.717, 1.165) is 23.0 Å². The Hall–Kier alpha value is -1.65. The number of nitrogens with zero attached hydrogens (tertiary/aromatic N) is 2. The van der Waals surface area contributed by atoms with E-state index in [0.29, 0.717) is 24.8 Å². The molecule has 2 aromatic rings. The Balaban J connectivity index is 2.17. The molecule has 4 nitrogen and oxygen atoms in total. The first-order chi connectivity index (χ1) is 10.1. The summed E-state index contributed by atoms with van der Waals surface area (Å²) in [6.07, 6.45) is 0. The molecule has 0 fully saturated rings. The Morgan fingerprint density at radius 1 is 1.33 bits per heavy atom. The molecule has 0 saturated carbocycles. The average molecular weight is 306 g/mol. The van der Waals surface area contributed by atoms with Gasteiger partial charge in [-0.3, -0.25) is 9.69 Å². The highest BCUT2D eigenvalue weighted by Crippen LogP contribution is 2.21. The summed E-state index contributed by atoms with van der Waals surface area (Å²) in [5.41, 5.74) is 1.83. The minimum absolute atomic E-state index is 0.0317. The third-order valence-corrected chi connectivity index (χ3v) is 3.66. The molecule has 0 atom stereocenters. The largest absolute Gasteiger partial charge is 0.355 e. The summed E-state index contributed by atoms with van der Waals surface area (Å²) < 4.78 is 0. The van der Waals surface area contributed by atoms with Crippen LogP contribution in [0.1, 0.15) is 19.4 Å². The first kappa shape index (κ1) is 15.7. The quantitative estimate of drug-likeness (QED) is 0.835. The van der Waals surface area contributed by atoms with Gasteiger partial charge < -0.3 is 5.32 Å². The number of amides is 1. The molecule has 1 heterocycles. The van der Waals surface area contributed by atoms with Crippen LogP contribution in [0.4, 0.5) is 0 Å². The zero-order chi connectivity index (χ0) is 15.2. The van der Waals surface area contributed by atoms with E-state index >= 15 is 0 Å². The molecule has 1 aromatic carbocycles. The number of pyridine rings is 1. The smallest absolute Gasteiger partial charge is 0.234 e. The first-order valence-corrected chi connectivity index (χ1v) is 7.55. The molecule has 112 valence electrons. The van der Waals surface area contributed by atoms with Gasteiger partial charge in [0.2, 0.25) is 5.91 Å². The monoisotopic (exact) mass is 305 g/mol. The van der Waals surface area contributed by atoms with Crippen molar-refractivity contribution in [3.05, 3.63) is 41.0 Å². The number of carbonyl (C=O) groups excluding carboxylic acids is 1. The number of nitrogens with one attached hydrogen (secondary N) is 1. The fourth-order valence-corrected chi connectivity index (χ4v) is 2.43. The maximum absolute atomic E-state index is 11.7. The number of hydrogen-bond acceptors (Lipinski definition) is 3. The summed E-state index contributed by atoms with van der Waals surface area (Å²) in [6.45, 7) is 6.35. The number of rotatable bonds is 6. The molecule has 0 radical (unpaired) electrons. The molecule has 0 bridgehead atoms. The van der Waals surface area contributed by atoms with Crippen molar-refractivity contribution in [2.24, 2.45) is 0 Å². The topological polar surface area (TPSA) is 45.2 Å². The summed E-state index contributed by atoms with van der Waals surface area (Å²) in [5, 5.41) is 4.38. The second-order valence-electron chi connectivity index (χ2n) is 4.89. The zero-order valence-electron chi connectivity index (χ0n) is 12.4. The van der Waals surface area contributed by atoms with Gasteiger partial charge in [-0.2, -0.15) is 0 Å². The molecule has 21 heavy (non-hydrogen) atoms. The average Bonchev–Trinajstić information content (AvgIpc) is 2.47. The highest BCUT2D eigenvalue weighted by atomic mass is 35.5. The van der Waals surface area contributed by atoms with Gasteiger partial charge in [-0.25, -0.2) is 4.98 Å². The Labute approximate surface area is 130 Å². The van der Waals surface area contributed by atoms with Gasteiger partial charge in [-0.1, -0.05) is 36.7 Å². The molecule has 5 heteroatoms. The molecule has 1 amide bonds. The van der Waals surface area contributed by atoms with Crippen molar-refractivity contribution < 1.29 is 4.79 Å². The van der Waals surface area contributed by atoms with Crippen LogP contribution in [0.3, 0.4) is 0 Å². The van der Waals surface area contributed by atoms with Crippen LogP contribution in [-0.4, -0.2) is 35.4 Å². The summed E-state index contributed by atoms with van der Waals surface area (Å²) in [7, 11) is 0. The van der Waals surface area contributed by atoms with Gasteiger partial charge in [-0.15, -0.1) is 0 Å². The summed E-state index contributed by atoms with van der Waals surface area (Å²) >= 11 is 6.26. The molecule has 1 N–H and O–H groups in total. The van der Waals surface area contributed by atoms with Gasteiger partial charge in [0.15, 0.2) is 0 Å². The summed E-state index contributed by atoms with van der Waals surface area (Å²) in [4.78, 5) is 18.2. The fourth-order valence-electron chi connectivity index (χ4n) is 2.22. The van der Waals surface area contributed by atoms with Crippen molar-refractivity contribution >= 4 is 28.4 Å². The lowest BCUT2D eigenvalue weighted by atomic mass is 10.1. The molecule has 0 aliphatic rings. The van der Waals surface area contributed by atoms with Gasteiger partial charge in [0.05, 0.1) is 12.1 Å². The summed E-state index contributed by atoms with van der Waals surface area (Å²) in [6, 6.07) is 9.93. The molecule has 0 aliphatic heterocycles. The van der Waals surface area contributed by atoms with Crippen LogP contribution >= 0.6 is 11.6 Å². The Morgan fingerprint density at radius 3 is 2.81 bits per heavy atom. The molecule has 0 aliphatic carbocycles. The number of benzene rings is 1. The van der Waals surface area contributed by atoms with Crippen molar-refractivity contribution in [1.82, 2.24) is 15.2 Å². The van der Waals surface area contributed by atoms with E-state index in [1.807, 2.05) is 49.1 Å². The standard InChI is InChI=1S/C16H20ClN3O/c1-3-18-15(21)11-20(4-2)10-13-9-12-7-5-6-8-14(12)19-16(13)17/h5-9H,3-4,10-11H2,1-2H3,(H,18,21). The molecular weight excluding hydrogens is 286 g/mol. The van der Waals surface area contributed by atoms with Crippen LogP contribution in [0.2, 0.25) is 5.15 Å². The van der Waals surface area contributed by atoms with Crippen molar-refractivity contribution in [3.8, 4) is 0 Å². The van der Waals surface area contributed by atoms with Crippen LogP contribution in [-0.2, 0) is 11.3 Å². The van der Waals surface area contributed by atoms with E-state index in [1.54, 1.807) is 0 Å². The lowest BCUT2D eigenvalue weighted by molar-refractivity contribution is -0.122. The fraction of sp³-hybridized carbons (Fsp3) is 0.375. The third kappa shape index (κ3) is 4.16. The van der Waals surface area contributed by atoms with Crippen molar-refractivity contribution in [2.75, 3.05) is 19.6 Å². The lowest BCUT2D eigenvalue weighted by Gasteiger charge is -2.20. The zero-order valence-corrected chi connectivity index (χ0v) is 13.2. The van der Waals surface area contributed by atoms with Crippen molar-refractivity contribution in [2.45, 2.75) is 20.4 Å². The van der Waals surface area contributed by atoms with Gasteiger partial charge >= 0.3 is 0 Å². The van der Waals surface area contributed by atoms with Crippen LogP contribution in [0.25, 0.3) is 10.9 Å². The number of para-hydroxylation sites is 1. The van der Waals surface area contributed by atoms with E-state index in [1.165, 1.54) is 0 Å². The maximum atomic E-state index is 11.7. The van der Waals surface area contributed by atoms with Gasteiger partial charge in [0.1, 0.15) is 5.15 Å². The number of aromatic nitrogens is 1. The highest BCUT2D eigenvalue weighted by molar-refractivity contribution is 6.30. The van der Waals surface area contributed by atoms with Crippen LogP contribution in [0.5, 0.6) is 0 Å². The molecule has 1 aromatic heterocycles. The molecule has 2 rings (SSSR count). The van der Waals surface area contributed by atoms with Gasteiger partial charge in [0, 0.05) is 24.0 Å². The number of hydrogen-bond donors (Lipinski definition) is 1. The Morgan fingerprint density at radius 2 is 2.10 bits per heavy atom. The normalized spacial score (nSPS) is 11.0. The predicted octanol–water partition coefficient (Wildman–Crippen LogP) is 2.85. The number of halogens is 1. The number of carbonyl (C=O) groups is 1. The van der Waals surface area contributed by atoms with Crippen molar-refractivity contribution in [3.63, 3.8) is 0 Å². The van der Waals surface area contributed by atoms with Crippen LogP contribution in [0, 0.1) is 0 Å². The highest BCUT2D eigenvalue weighted by Gasteiger charge is 2.12. The molecule has 0 spiro atoms. The molecular formula is C16H20ClN3O. The SMILES string of the molecule is CCNC(=O)CN(CC)Cc1cc2ccccc2nc1Cl. The number of fused-ring (bicyclic) bond motifs is 1. The number of likely N-dealkylation sites (N-methyl/N-ethyl adjacent to an activating group) is 2. The van der Waals surface area contributed by atoms with Crippen LogP contribution < -0.4 is 5.32 Å². The molecule has 0 unspecified atom stereocenters. The van der Waals surface area contributed by atoms with E-state index in [9.17, 15) is 4.79 Å². The Bertz CT molecular complexity index is 630. The second kappa shape index (κ2) is 7.38. The van der Waals surface area contributed by atoms with E-state index in [-0.39, 0.29) is 5.91 Å². The van der Waals surface area contributed by atoms with E-state index in [4.69, 9.17) is 11.6 Å². The predicted molar refractivity (Wildman–Crippen MR) is 86.4 cm³/mol. The van der Waals surface area contributed by atoms with Gasteiger partial charge in [0.25, 0.3) is 0 Å². The lowest BCUT2D eigenvalue weighted by Crippen LogP contribution is -2.36. The maximum Gasteiger partial charge on any atom is 0.234 e. The minimum atomic E-state index is 0.0317. The second-order valence-corrected chi connectivity index (χ2v) is 5.25. The third-order valence-electron chi connectivity index (χ3n) is 3.33. The molecule has 0 saturated heterocycles. The van der Waals surface area contributed by atoms with Crippen molar-refractivity contribution in [1.29, 1.82) is 0 Å². The minimum Gasteiger partial charge on any atom is -0.355 e. The van der Waals surface area contributed by atoms with E-state index < -0.39 is 0 Å². The van der Waals surface area contributed by atoms with Gasteiger partial charge in [-0.05, 0) is 25.6 Å². The summed E-state index contributed by atoms with van der Waals surface area (Å²) in [5.74, 6) is 0.0317.